The molecule has 2 aromatic rings. The zero-order valence-electron chi connectivity index (χ0n) is 10.4. The van der Waals surface area contributed by atoms with Crippen LogP contribution in [0.5, 0.6) is 0 Å². The maximum Gasteiger partial charge on any atom is 0.148 e. The molecular formula is C11H16N6. The Balaban J connectivity index is 2.67. The maximum absolute atomic E-state index is 5.44. The number of nitrogen functional groups attached to an aromatic ring is 1. The molecule has 0 aliphatic carbocycles. The number of hydrazine groups is 1. The summed E-state index contributed by atoms with van der Waals surface area (Å²) in [5.74, 6) is 7.56. The van der Waals surface area contributed by atoms with Crippen LogP contribution in [0.15, 0.2) is 6.33 Å². The Morgan fingerprint density at radius 3 is 2.41 bits per heavy atom. The Kier molecular flexibility index (Phi) is 2.81. The Morgan fingerprint density at radius 2 is 1.88 bits per heavy atom. The van der Waals surface area contributed by atoms with E-state index in [1.807, 2.05) is 32.3 Å². The SMILES string of the molecule is Cc1nc(NN)c(C)c(-n2cnc(C)c2C)n1. The van der Waals surface area contributed by atoms with E-state index in [1.165, 1.54) is 0 Å². The standard InChI is InChI=1S/C11H16N6/c1-6-10(16-12)14-9(4)15-11(6)17-5-13-7(2)8(17)3/h5H,12H2,1-4H3,(H,14,15,16). The summed E-state index contributed by atoms with van der Waals surface area (Å²) in [6, 6.07) is 0. The van der Waals surface area contributed by atoms with Crippen LogP contribution in [0.2, 0.25) is 0 Å². The summed E-state index contributed by atoms with van der Waals surface area (Å²) >= 11 is 0. The largest absolute Gasteiger partial charge is 0.308 e. The van der Waals surface area contributed by atoms with E-state index in [0.29, 0.717) is 11.6 Å². The molecule has 0 aliphatic heterocycles. The topological polar surface area (TPSA) is 81.6 Å². The first-order valence-electron chi connectivity index (χ1n) is 5.37. The van der Waals surface area contributed by atoms with Gasteiger partial charge in [0, 0.05) is 11.3 Å². The molecule has 3 N–H and O–H groups in total. The van der Waals surface area contributed by atoms with Crippen molar-refractivity contribution in [3.63, 3.8) is 0 Å². The monoisotopic (exact) mass is 232 g/mol. The van der Waals surface area contributed by atoms with Crippen LogP contribution >= 0.6 is 0 Å². The van der Waals surface area contributed by atoms with Gasteiger partial charge in [-0.1, -0.05) is 0 Å². The molecule has 0 fully saturated rings. The third-order valence-corrected chi connectivity index (χ3v) is 2.85. The van der Waals surface area contributed by atoms with Crippen LogP contribution < -0.4 is 11.3 Å². The quantitative estimate of drug-likeness (QED) is 0.600. The molecule has 0 spiro atoms. The summed E-state index contributed by atoms with van der Waals surface area (Å²) in [7, 11) is 0. The van der Waals surface area contributed by atoms with E-state index < -0.39 is 0 Å². The van der Waals surface area contributed by atoms with Crippen LogP contribution in [0.25, 0.3) is 5.82 Å². The highest BCUT2D eigenvalue weighted by Crippen LogP contribution is 2.20. The lowest BCUT2D eigenvalue weighted by Gasteiger charge is -2.12. The van der Waals surface area contributed by atoms with Crippen molar-refractivity contribution in [3.8, 4) is 5.82 Å². The van der Waals surface area contributed by atoms with Gasteiger partial charge in [0.25, 0.3) is 0 Å². The van der Waals surface area contributed by atoms with Crippen LogP contribution in [-0.4, -0.2) is 19.5 Å². The molecule has 6 heteroatoms. The zero-order chi connectivity index (χ0) is 12.6. The predicted octanol–water partition coefficient (Wildman–Crippen LogP) is 1.18. The number of rotatable bonds is 2. The number of anilines is 1. The minimum Gasteiger partial charge on any atom is -0.308 e. The first-order chi connectivity index (χ1) is 8.04. The lowest BCUT2D eigenvalue weighted by Crippen LogP contribution is -2.14. The highest BCUT2D eigenvalue weighted by molar-refractivity contribution is 5.51. The number of hydrogen-bond acceptors (Lipinski definition) is 5. The third kappa shape index (κ3) is 1.87. The van der Waals surface area contributed by atoms with Crippen molar-refractivity contribution in [3.05, 3.63) is 29.1 Å². The summed E-state index contributed by atoms with van der Waals surface area (Å²) in [4.78, 5) is 12.9. The van der Waals surface area contributed by atoms with Crippen molar-refractivity contribution in [1.82, 2.24) is 19.5 Å². The normalized spacial score (nSPS) is 10.6. The molecule has 0 bridgehead atoms. The van der Waals surface area contributed by atoms with Crippen molar-refractivity contribution in [2.24, 2.45) is 5.84 Å². The van der Waals surface area contributed by atoms with Gasteiger partial charge in [-0.3, -0.25) is 4.57 Å². The molecule has 2 rings (SSSR count). The molecule has 90 valence electrons. The fourth-order valence-corrected chi connectivity index (χ4v) is 1.70. The summed E-state index contributed by atoms with van der Waals surface area (Å²) < 4.78 is 1.94. The van der Waals surface area contributed by atoms with Crippen LogP contribution in [-0.2, 0) is 0 Å². The zero-order valence-corrected chi connectivity index (χ0v) is 10.4. The molecule has 0 saturated heterocycles. The minimum atomic E-state index is 0.637. The molecule has 2 heterocycles. The van der Waals surface area contributed by atoms with Crippen LogP contribution in [0.1, 0.15) is 22.8 Å². The first kappa shape index (κ1) is 11.5. The number of nitrogens with zero attached hydrogens (tertiary/aromatic N) is 4. The highest BCUT2D eigenvalue weighted by Gasteiger charge is 2.12. The summed E-state index contributed by atoms with van der Waals surface area (Å²) in [5, 5.41) is 0. The minimum absolute atomic E-state index is 0.637. The summed E-state index contributed by atoms with van der Waals surface area (Å²) in [6.45, 7) is 7.74. The van der Waals surface area contributed by atoms with Crippen molar-refractivity contribution in [2.75, 3.05) is 5.43 Å². The lowest BCUT2D eigenvalue weighted by atomic mass is 10.3. The fraction of sp³-hybridized carbons (Fsp3) is 0.364. The first-order valence-corrected chi connectivity index (χ1v) is 5.37. The molecule has 0 radical (unpaired) electrons. The van der Waals surface area contributed by atoms with E-state index in [-0.39, 0.29) is 0 Å². The summed E-state index contributed by atoms with van der Waals surface area (Å²) in [6.07, 6.45) is 1.76. The van der Waals surface area contributed by atoms with Gasteiger partial charge in [0.05, 0.1) is 5.69 Å². The molecule has 0 amide bonds. The van der Waals surface area contributed by atoms with E-state index in [0.717, 1.165) is 22.8 Å². The van der Waals surface area contributed by atoms with Crippen molar-refractivity contribution < 1.29 is 0 Å². The second-order valence-corrected chi connectivity index (χ2v) is 4.00. The smallest absolute Gasteiger partial charge is 0.148 e. The predicted molar refractivity (Wildman–Crippen MR) is 65.9 cm³/mol. The molecule has 0 unspecified atom stereocenters. The van der Waals surface area contributed by atoms with E-state index in [4.69, 9.17) is 5.84 Å². The molecule has 0 atom stereocenters. The number of aryl methyl sites for hydroxylation is 2. The van der Waals surface area contributed by atoms with Gasteiger partial charge in [-0.2, -0.15) is 0 Å². The lowest BCUT2D eigenvalue weighted by molar-refractivity contribution is 0.893. The van der Waals surface area contributed by atoms with E-state index in [2.05, 4.69) is 20.4 Å². The number of imidazole rings is 1. The second-order valence-electron chi connectivity index (χ2n) is 4.00. The maximum atomic E-state index is 5.44. The number of hydrogen-bond donors (Lipinski definition) is 2. The fourth-order valence-electron chi connectivity index (χ4n) is 1.70. The van der Waals surface area contributed by atoms with Gasteiger partial charge in [0.1, 0.15) is 23.8 Å². The number of nitrogens with two attached hydrogens (primary N) is 1. The Labute approximate surface area is 99.9 Å². The van der Waals surface area contributed by atoms with Crippen molar-refractivity contribution in [1.29, 1.82) is 0 Å². The van der Waals surface area contributed by atoms with E-state index in [9.17, 15) is 0 Å². The van der Waals surface area contributed by atoms with Crippen LogP contribution in [0.4, 0.5) is 5.82 Å². The van der Waals surface area contributed by atoms with Gasteiger partial charge in [0.15, 0.2) is 0 Å². The Bertz CT molecular complexity index is 557. The molecular weight excluding hydrogens is 216 g/mol. The van der Waals surface area contributed by atoms with Gasteiger partial charge in [0.2, 0.25) is 0 Å². The van der Waals surface area contributed by atoms with E-state index >= 15 is 0 Å². The molecule has 6 nitrogen and oxygen atoms in total. The number of nitrogens with one attached hydrogen (secondary N) is 1. The van der Waals surface area contributed by atoms with Gasteiger partial charge < -0.3 is 5.43 Å². The van der Waals surface area contributed by atoms with Crippen LogP contribution in [0, 0.1) is 27.7 Å². The van der Waals surface area contributed by atoms with Gasteiger partial charge in [-0.05, 0) is 27.7 Å². The molecule has 0 aromatic carbocycles. The average Bonchev–Trinajstić information content (AvgIpc) is 2.63. The number of aromatic nitrogens is 4. The third-order valence-electron chi connectivity index (χ3n) is 2.85. The van der Waals surface area contributed by atoms with Crippen molar-refractivity contribution >= 4 is 5.82 Å². The van der Waals surface area contributed by atoms with Crippen molar-refractivity contribution in [2.45, 2.75) is 27.7 Å². The van der Waals surface area contributed by atoms with Gasteiger partial charge >= 0.3 is 0 Å². The van der Waals surface area contributed by atoms with E-state index in [1.54, 1.807) is 6.33 Å². The summed E-state index contributed by atoms with van der Waals surface area (Å²) in [5.41, 5.74) is 5.54. The Morgan fingerprint density at radius 1 is 1.18 bits per heavy atom. The molecule has 17 heavy (non-hydrogen) atoms. The van der Waals surface area contributed by atoms with Gasteiger partial charge in [-0.25, -0.2) is 20.8 Å². The molecule has 2 aromatic heterocycles. The average molecular weight is 232 g/mol. The highest BCUT2D eigenvalue weighted by atomic mass is 15.3. The van der Waals surface area contributed by atoms with Crippen LogP contribution in [0.3, 0.4) is 0 Å². The van der Waals surface area contributed by atoms with Gasteiger partial charge in [-0.15, -0.1) is 0 Å². The molecule has 0 aliphatic rings. The molecule has 0 saturated carbocycles. The Hall–Kier alpha value is -1.95. The second kappa shape index (κ2) is 4.14.